The number of halogens is 1. The van der Waals surface area contributed by atoms with Crippen LogP contribution < -0.4 is 5.32 Å². The minimum absolute atomic E-state index is 0.216. The average molecular weight is 419 g/mol. The number of esters is 1. The Balaban J connectivity index is 1.90. The lowest BCUT2D eigenvalue weighted by atomic mass is 10.2. The first-order chi connectivity index (χ1) is 12.5. The molecule has 0 heterocycles. The van der Waals surface area contributed by atoms with E-state index in [1.54, 1.807) is 36.4 Å². The second-order valence-corrected chi connectivity index (χ2v) is 6.53. The number of carbonyl (C=O) groups excluding carboxylic acids is 2. The van der Waals surface area contributed by atoms with E-state index < -0.39 is 0 Å². The minimum Gasteiger partial charge on any atom is -0.461 e. The molecule has 2 rings (SSSR count). The highest BCUT2D eigenvalue weighted by molar-refractivity contribution is 9.10. The number of rotatable bonds is 8. The van der Waals surface area contributed by atoms with Crippen molar-refractivity contribution in [1.82, 2.24) is 4.90 Å². The summed E-state index contributed by atoms with van der Waals surface area (Å²) >= 11 is 3.36. The number of anilines is 1. The van der Waals surface area contributed by atoms with Crippen LogP contribution in [0.3, 0.4) is 0 Å². The first-order valence-corrected chi connectivity index (χ1v) is 9.39. The lowest BCUT2D eigenvalue weighted by Gasteiger charge is -2.17. The highest BCUT2D eigenvalue weighted by Gasteiger charge is 2.11. The van der Waals surface area contributed by atoms with Crippen molar-refractivity contribution < 1.29 is 14.3 Å². The summed E-state index contributed by atoms with van der Waals surface area (Å²) in [5, 5.41) is 2.81. The van der Waals surface area contributed by atoms with E-state index in [4.69, 9.17) is 4.74 Å². The smallest absolute Gasteiger partial charge is 0.338 e. The van der Waals surface area contributed by atoms with Gasteiger partial charge in [-0.05, 0) is 65.4 Å². The van der Waals surface area contributed by atoms with Gasteiger partial charge in [-0.2, -0.15) is 0 Å². The Morgan fingerprint density at radius 3 is 2.31 bits per heavy atom. The van der Waals surface area contributed by atoms with E-state index >= 15 is 0 Å². The Morgan fingerprint density at radius 1 is 1.04 bits per heavy atom. The number of nitrogens with one attached hydrogen (secondary N) is 1. The van der Waals surface area contributed by atoms with Crippen LogP contribution in [0, 0.1) is 0 Å². The quantitative estimate of drug-likeness (QED) is 0.652. The fraction of sp³-hybridized carbons (Fsp3) is 0.300. The molecule has 0 saturated carbocycles. The molecule has 6 heteroatoms. The normalized spacial score (nSPS) is 10.6. The van der Waals surface area contributed by atoms with E-state index in [1.165, 1.54) is 0 Å². The van der Waals surface area contributed by atoms with Crippen molar-refractivity contribution in [2.24, 2.45) is 0 Å². The Hall–Kier alpha value is -2.18. The molecule has 0 aromatic heterocycles. The number of carbonyl (C=O) groups is 2. The molecule has 2 aromatic rings. The molecule has 0 radical (unpaired) electrons. The van der Waals surface area contributed by atoms with Gasteiger partial charge >= 0.3 is 5.97 Å². The van der Waals surface area contributed by atoms with E-state index in [1.807, 2.05) is 12.1 Å². The van der Waals surface area contributed by atoms with E-state index in [0.717, 1.165) is 24.1 Å². The summed E-state index contributed by atoms with van der Waals surface area (Å²) in [6, 6.07) is 13.9. The van der Waals surface area contributed by atoms with Crippen molar-refractivity contribution in [3.8, 4) is 0 Å². The van der Waals surface area contributed by atoms with Crippen LogP contribution in [-0.2, 0) is 4.74 Å². The minimum atomic E-state index is -0.360. The van der Waals surface area contributed by atoms with Gasteiger partial charge in [0.1, 0.15) is 6.61 Å². The molecule has 0 atom stereocenters. The Labute approximate surface area is 162 Å². The van der Waals surface area contributed by atoms with Crippen molar-refractivity contribution in [2.45, 2.75) is 13.8 Å². The molecule has 5 nitrogen and oxygen atoms in total. The summed E-state index contributed by atoms with van der Waals surface area (Å²) in [5.74, 6) is -0.576. The summed E-state index contributed by atoms with van der Waals surface area (Å²) in [6.07, 6.45) is 0. The number of ether oxygens (including phenoxy) is 1. The van der Waals surface area contributed by atoms with Gasteiger partial charge in [-0.15, -0.1) is 0 Å². The number of hydrogen-bond donors (Lipinski definition) is 1. The third-order valence-corrected chi connectivity index (χ3v) is 4.72. The largest absolute Gasteiger partial charge is 0.461 e. The van der Waals surface area contributed by atoms with Crippen molar-refractivity contribution in [3.05, 3.63) is 64.1 Å². The lowest BCUT2D eigenvalue weighted by Crippen LogP contribution is -2.27. The Morgan fingerprint density at radius 2 is 1.69 bits per heavy atom. The lowest BCUT2D eigenvalue weighted by molar-refractivity contribution is 0.0466. The maximum absolute atomic E-state index is 12.3. The molecule has 0 fully saturated rings. The number of nitrogens with zero attached hydrogens (tertiary/aromatic N) is 1. The standard InChI is InChI=1S/C20H23BrN2O3/c1-3-23(4-2)13-14-26-20(25)15-9-11-16(12-10-15)22-19(24)17-7-5-6-8-18(17)21/h5-12H,3-4,13-14H2,1-2H3,(H,22,24). The molecular weight excluding hydrogens is 396 g/mol. The van der Waals surface area contributed by atoms with Crippen LogP contribution in [0.4, 0.5) is 5.69 Å². The van der Waals surface area contributed by atoms with Gasteiger partial charge in [0.15, 0.2) is 0 Å². The van der Waals surface area contributed by atoms with Crippen molar-refractivity contribution >= 4 is 33.5 Å². The third kappa shape index (κ3) is 5.68. The van der Waals surface area contributed by atoms with Gasteiger partial charge in [0, 0.05) is 16.7 Å². The van der Waals surface area contributed by atoms with E-state index in [2.05, 4.69) is 40.0 Å². The number of likely N-dealkylation sites (N-methyl/N-ethyl adjacent to an activating group) is 1. The molecule has 0 bridgehead atoms. The van der Waals surface area contributed by atoms with Crippen molar-refractivity contribution in [2.75, 3.05) is 31.6 Å². The highest BCUT2D eigenvalue weighted by atomic mass is 79.9. The third-order valence-electron chi connectivity index (χ3n) is 4.03. The summed E-state index contributed by atoms with van der Waals surface area (Å²) < 4.78 is 6.02. The zero-order valence-electron chi connectivity index (χ0n) is 15.0. The molecule has 1 N–H and O–H groups in total. The van der Waals surface area contributed by atoms with Crippen LogP contribution >= 0.6 is 15.9 Å². The molecule has 1 amide bonds. The topological polar surface area (TPSA) is 58.6 Å². The van der Waals surface area contributed by atoms with Crippen LogP contribution in [0.5, 0.6) is 0 Å². The number of hydrogen-bond acceptors (Lipinski definition) is 4. The Bertz CT molecular complexity index is 743. The molecule has 26 heavy (non-hydrogen) atoms. The summed E-state index contributed by atoms with van der Waals surface area (Å²) in [6.45, 7) is 7.10. The summed E-state index contributed by atoms with van der Waals surface area (Å²) in [5.41, 5.74) is 1.63. The molecular formula is C20H23BrN2O3. The van der Waals surface area contributed by atoms with Crippen LogP contribution in [0.25, 0.3) is 0 Å². The molecule has 0 aliphatic carbocycles. The maximum Gasteiger partial charge on any atom is 0.338 e. The number of amides is 1. The van der Waals surface area contributed by atoms with Crippen molar-refractivity contribution in [1.29, 1.82) is 0 Å². The van der Waals surface area contributed by atoms with Crippen LogP contribution in [0.1, 0.15) is 34.6 Å². The molecule has 0 saturated heterocycles. The zero-order chi connectivity index (χ0) is 18.9. The van der Waals surface area contributed by atoms with Crippen LogP contribution in [-0.4, -0.2) is 43.0 Å². The number of benzene rings is 2. The van der Waals surface area contributed by atoms with Gasteiger partial charge in [0.25, 0.3) is 5.91 Å². The predicted octanol–water partition coefficient (Wildman–Crippen LogP) is 4.20. The monoisotopic (exact) mass is 418 g/mol. The first-order valence-electron chi connectivity index (χ1n) is 8.60. The van der Waals surface area contributed by atoms with Crippen molar-refractivity contribution in [3.63, 3.8) is 0 Å². The van der Waals surface area contributed by atoms with E-state index in [0.29, 0.717) is 23.4 Å². The maximum atomic E-state index is 12.3. The van der Waals surface area contributed by atoms with Gasteiger partial charge < -0.3 is 15.0 Å². The fourth-order valence-electron chi connectivity index (χ4n) is 2.42. The van der Waals surface area contributed by atoms with Gasteiger partial charge in [0.2, 0.25) is 0 Å². The highest BCUT2D eigenvalue weighted by Crippen LogP contribution is 2.18. The van der Waals surface area contributed by atoms with Gasteiger partial charge in [-0.3, -0.25) is 4.79 Å². The Kier molecular flexibility index (Phi) is 7.81. The summed E-state index contributed by atoms with van der Waals surface area (Å²) in [4.78, 5) is 26.5. The average Bonchev–Trinajstić information content (AvgIpc) is 2.66. The molecule has 0 spiro atoms. The van der Waals surface area contributed by atoms with Gasteiger partial charge in [-0.1, -0.05) is 26.0 Å². The fourth-order valence-corrected chi connectivity index (χ4v) is 2.89. The van der Waals surface area contributed by atoms with Crippen LogP contribution in [0.15, 0.2) is 53.0 Å². The first kappa shape index (κ1) is 20.1. The molecule has 0 unspecified atom stereocenters. The predicted molar refractivity (Wildman–Crippen MR) is 107 cm³/mol. The van der Waals surface area contributed by atoms with E-state index in [-0.39, 0.29) is 11.9 Å². The van der Waals surface area contributed by atoms with Gasteiger partial charge in [-0.25, -0.2) is 4.79 Å². The molecule has 0 aliphatic heterocycles. The molecule has 2 aromatic carbocycles. The summed E-state index contributed by atoms with van der Waals surface area (Å²) in [7, 11) is 0. The van der Waals surface area contributed by atoms with Crippen LogP contribution in [0.2, 0.25) is 0 Å². The molecule has 0 aliphatic rings. The molecule has 138 valence electrons. The van der Waals surface area contributed by atoms with E-state index in [9.17, 15) is 9.59 Å². The zero-order valence-corrected chi connectivity index (χ0v) is 16.6. The SMILES string of the molecule is CCN(CC)CCOC(=O)c1ccc(NC(=O)c2ccccc2Br)cc1. The second-order valence-electron chi connectivity index (χ2n) is 5.67. The van der Waals surface area contributed by atoms with Gasteiger partial charge in [0.05, 0.1) is 11.1 Å². The second kappa shape index (κ2) is 10.1.